The summed E-state index contributed by atoms with van der Waals surface area (Å²) in [5.41, 5.74) is 0. The maximum atomic E-state index is 13.5. The van der Waals surface area contributed by atoms with Gasteiger partial charge in [0.2, 0.25) is 5.91 Å². The number of carbonyl (C=O) groups excluding carboxylic acids is 2. The third-order valence-electron chi connectivity index (χ3n) is 12.9. The smallest absolute Gasteiger partial charge is 0.456 e. The average Bonchev–Trinajstić information content (AvgIpc) is 3.28. The van der Waals surface area contributed by atoms with Crippen molar-refractivity contribution in [3.63, 3.8) is 0 Å². The lowest BCUT2D eigenvalue weighted by molar-refractivity contribution is -0.870. The van der Waals surface area contributed by atoms with Gasteiger partial charge in [-0.3, -0.25) is 18.6 Å². The molecule has 0 saturated carbocycles. The van der Waals surface area contributed by atoms with Crippen molar-refractivity contribution >= 4 is 19.7 Å². The van der Waals surface area contributed by atoms with E-state index in [1.807, 2.05) is 33.3 Å². The highest BCUT2D eigenvalue weighted by molar-refractivity contribution is 7.47. The van der Waals surface area contributed by atoms with E-state index in [4.69, 9.17) is 13.8 Å². The third kappa shape index (κ3) is 49.3. The van der Waals surface area contributed by atoms with Crippen LogP contribution in [0.3, 0.4) is 0 Å². The number of hydrogen-bond donors (Lipinski definition) is 2. The minimum absolute atomic E-state index is 0.0407. The molecule has 0 bridgehead atoms. The number of allylic oxidation sites excluding steroid dienone is 3. The molecule has 0 aliphatic heterocycles. The Hall–Kier alpha value is -1.51. The molecule has 0 spiro atoms. The molecule has 0 aromatic rings. The standard InChI is InChI=1S/C57H111N2O7P/c1-7-10-13-16-19-22-25-28-30-32-35-38-41-44-47-50-57(61)66-55(48-45-42-39-36-33-27-24-21-18-15-12-9-3)54(53-65-67(62,63)64-52-51-59(4,5)6)58-56(60)49-46-43-40-37-34-31-29-26-23-20-17-14-11-8-2/h31,34,45,48,54-55H,7-30,32-33,35-44,46-47,49-53H2,1-6H3,(H-,58,60,62,63)/p+1/b34-31-,48-45+. The molecular formula is C57H112N2O7P+. The molecule has 2 N–H and O–H groups in total. The van der Waals surface area contributed by atoms with E-state index >= 15 is 0 Å². The van der Waals surface area contributed by atoms with Crippen molar-refractivity contribution in [2.24, 2.45) is 0 Å². The Balaban J connectivity index is 5.36. The van der Waals surface area contributed by atoms with Crippen LogP contribution in [0.4, 0.5) is 0 Å². The van der Waals surface area contributed by atoms with Crippen LogP contribution >= 0.6 is 7.82 Å². The molecule has 396 valence electrons. The maximum Gasteiger partial charge on any atom is 0.472 e. The van der Waals surface area contributed by atoms with Crippen LogP contribution in [-0.2, 0) is 27.9 Å². The highest BCUT2D eigenvalue weighted by atomic mass is 31.2. The zero-order chi connectivity index (χ0) is 49.4. The second kappa shape index (κ2) is 48.1. The molecule has 0 fully saturated rings. The van der Waals surface area contributed by atoms with E-state index in [9.17, 15) is 19.0 Å². The number of quaternary nitrogens is 1. The Morgan fingerprint density at radius 2 is 0.866 bits per heavy atom. The molecule has 0 heterocycles. The zero-order valence-electron chi connectivity index (χ0n) is 45.2. The number of unbranched alkanes of at least 4 members (excludes halogenated alkanes) is 34. The molecule has 1 amide bonds. The Labute approximate surface area is 415 Å². The number of rotatable bonds is 52. The summed E-state index contributed by atoms with van der Waals surface area (Å²) in [5.74, 6) is -0.512. The van der Waals surface area contributed by atoms with E-state index in [1.54, 1.807) is 0 Å². The van der Waals surface area contributed by atoms with Crippen LogP contribution in [0.1, 0.15) is 278 Å². The van der Waals surface area contributed by atoms with Gasteiger partial charge >= 0.3 is 13.8 Å². The first kappa shape index (κ1) is 65.5. The molecular weight excluding hydrogens is 856 g/mol. The summed E-state index contributed by atoms with van der Waals surface area (Å²) in [7, 11) is 1.50. The van der Waals surface area contributed by atoms with Crippen molar-refractivity contribution in [2.45, 2.75) is 290 Å². The lowest BCUT2D eigenvalue weighted by Crippen LogP contribution is -2.47. The van der Waals surface area contributed by atoms with Crippen molar-refractivity contribution in [2.75, 3.05) is 40.9 Å². The fraction of sp³-hybridized carbons (Fsp3) is 0.895. The number of nitrogens with zero attached hydrogens (tertiary/aromatic N) is 1. The van der Waals surface area contributed by atoms with E-state index in [2.05, 4.69) is 38.2 Å². The average molecular weight is 969 g/mol. The van der Waals surface area contributed by atoms with Crippen LogP contribution in [0, 0.1) is 0 Å². The molecule has 9 nitrogen and oxygen atoms in total. The largest absolute Gasteiger partial charge is 0.472 e. The minimum Gasteiger partial charge on any atom is -0.456 e. The number of esters is 1. The monoisotopic (exact) mass is 968 g/mol. The fourth-order valence-corrected chi connectivity index (χ4v) is 9.14. The SMILES string of the molecule is CCCCCCCCC/C=C\CCCCCC(=O)NC(COP(=O)(O)OCC[N+](C)(C)C)C(/C=C/CCCCCCCCCCCC)OC(=O)CCCCCCCCCCCCCCCCC. The molecule has 0 rings (SSSR count). The number of phosphoric acid groups is 1. The van der Waals surface area contributed by atoms with Gasteiger partial charge in [0.25, 0.3) is 0 Å². The van der Waals surface area contributed by atoms with E-state index in [0.29, 0.717) is 23.9 Å². The molecule has 67 heavy (non-hydrogen) atoms. The summed E-state index contributed by atoms with van der Waals surface area (Å²) < 4.78 is 30.6. The number of carbonyl (C=O) groups is 2. The Kier molecular flexibility index (Phi) is 47.0. The van der Waals surface area contributed by atoms with Gasteiger partial charge < -0.3 is 19.4 Å². The molecule has 0 aromatic heterocycles. The van der Waals surface area contributed by atoms with E-state index in [-0.39, 0.29) is 25.1 Å². The number of ether oxygens (including phenoxy) is 1. The predicted octanol–water partition coefficient (Wildman–Crippen LogP) is 17.0. The molecule has 0 aromatic carbocycles. The first-order valence-electron chi connectivity index (χ1n) is 28.7. The molecule has 0 aliphatic rings. The predicted molar refractivity (Wildman–Crippen MR) is 286 cm³/mol. The number of likely N-dealkylation sites (N-methyl/N-ethyl adjacent to an activating group) is 1. The third-order valence-corrected chi connectivity index (χ3v) is 13.9. The summed E-state index contributed by atoms with van der Waals surface area (Å²) >= 11 is 0. The number of amides is 1. The normalized spacial score (nSPS) is 14.0. The molecule has 0 saturated heterocycles. The topological polar surface area (TPSA) is 111 Å². The second-order valence-electron chi connectivity index (χ2n) is 20.8. The minimum atomic E-state index is -4.44. The van der Waals surface area contributed by atoms with Crippen molar-refractivity contribution in [1.29, 1.82) is 0 Å². The zero-order valence-corrected chi connectivity index (χ0v) is 46.1. The van der Waals surface area contributed by atoms with Gasteiger partial charge in [-0.05, 0) is 57.4 Å². The van der Waals surface area contributed by atoms with Gasteiger partial charge in [-0.25, -0.2) is 4.57 Å². The number of hydrogen-bond acceptors (Lipinski definition) is 6. The van der Waals surface area contributed by atoms with Gasteiger partial charge in [0.1, 0.15) is 19.3 Å². The van der Waals surface area contributed by atoms with Gasteiger partial charge in [0.05, 0.1) is 33.8 Å². The van der Waals surface area contributed by atoms with Crippen LogP contribution in [0.25, 0.3) is 0 Å². The number of phosphoric ester groups is 1. The molecule has 0 aliphatic carbocycles. The van der Waals surface area contributed by atoms with Crippen LogP contribution < -0.4 is 5.32 Å². The van der Waals surface area contributed by atoms with Crippen LogP contribution in [0.2, 0.25) is 0 Å². The molecule has 0 radical (unpaired) electrons. The maximum absolute atomic E-state index is 13.5. The summed E-state index contributed by atoms with van der Waals surface area (Å²) in [5, 5.41) is 3.04. The summed E-state index contributed by atoms with van der Waals surface area (Å²) in [6.07, 6.45) is 54.5. The quantitative estimate of drug-likeness (QED) is 0.0205. The summed E-state index contributed by atoms with van der Waals surface area (Å²) in [4.78, 5) is 37.5. The van der Waals surface area contributed by atoms with Crippen LogP contribution in [0.5, 0.6) is 0 Å². The fourth-order valence-electron chi connectivity index (χ4n) is 8.41. The first-order chi connectivity index (χ1) is 32.4. The van der Waals surface area contributed by atoms with Gasteiger partial charge in [-0.1, -0.05) is 232 Å². The summed E-state index contributed by atoms with van der Waals surface area (Å²) in [6.45, 7) is 7.02. The van der Waals surface area contributed by atoms with E-state index in [0.717, 1.165) is 70.6 Å². The summed E-state index contributed by atoms with van der Waals surface area (Å²) in [6, 6.07) is -0.849. The van der Waals surface area contributed by atoms with Crippen LogP contribution in [-0.4, -0.2) is 74.3 Å². The van der Waals surface area contributed by atoms with Crippen molar-refractivity contribution in [3.8, 4) is 0 Å². The lowest BCUT2D eigenvalue weighted by Gasteiger charge is -2.27. The highest BCUT2D eigenvalue weighted by Gasteiger charge is 2.30. The van der Waals surface area contributed by atoms with E-state index in [1.165, 1.54) is 173 Å². The van der Waals surface area contributed by atoms with Gasteiger partial charge in [0, 0.05) is 12.8 Å². The molecule has 10 heteroatoms. The van der Waals surface area contributed by atoms with Crippen LogP contribution in [0.15, 0.2) is 24.3 Å². The van der Waals surface area contributed by atoms with Gasteiger partial charge in [-0.15, -0.1) is 0 Å². The van der Waals surface area contributed by atoms with Crippen molar-refractivity contribution in [1.82, 2.24) is 5.32 Å². The number of nitrogens with one attached hydrogen (secondary N) is 1. The first-order valence-corrected chi connectivity index (χ1v) is 30.2. The van der Waals surface area contributed by atoms with Gasteiger partial charge in [0.15, 0.2) is 0 Å². The highest BCUT2D eigenvalue weighted by Crippen LogP contribution is 2.43. The van der Waals surface area contributed by atoms with Crippen molar-refractivity contribution in [3.05, 3.63) is 24.3 Å². The lowest BCUT2D eigenvalue weighted by atomic mass is 10.0. The second-order valence-corrected chi connectivity index (χ2v) is 22.3. The molecule has 3 unspecified atom stereocenters. The Bertz CT molecular complexity index is 1210. The Morgan fingerprint density at radius 3 is 1.28 bits per heavy atom. The molecule has 3 atom stereocenters. The van der Waals surface area contributed by atoms with Crippen molar-refractivity contribution < 1.29 is 37.3 Å². The van der Waals surface area contributed by atoms with E-state index < -0.39 is 20.0 Å². The Morgan fingerprint density at radius 1 is 0.507 bits per heavy atom. The van der Waals surface area contributed by atoms with Gasteiger partial charge in [-0.2, -0.15) is 0 Å².